The van der Waals surface area contributed by atoms with Gasteiger partial charge in [0, 0.05) is 10.9 Å². The summed E-state index contributed by atoms with van der Waals surface area (Å²) in [6, 6.07) is 20.3. The topological polar surface area (TPSA) is 37.3 Å². The Bertz CT molecular complexity index is 805. The Morgan fingerprint density at radius 3 is 2.48 bits per heavy atom. The monoisotopic (exact) mass is 319 g/mol. The molecule has 0 aliphatic rings. The lowest BCUT2D eigenvalue weighted by atomic mass is 10.2. The van der Waals surface area contributed by atoms with E-state index >= 15 is 0 Å². The van der Waals surface area contributed by atoms with Gasteiger partial charge >= 0.3 is 0 Å². The zero-order chi connectivity index (χ0) is 15.9. The largest absolute Gasteiger partial charge is 0.252 e. The van der Waals surface area contributed by atoms with Gasteiger partial charge in [-0.25, -0.2) is 4.98 Å². The van der Waals surface area contributed by atoms with Gasteiger partial charge < -0.3 is 0 Å². The molecule has 114 valence electrons. The molecule has 0 saturated heterocycles. The second-order valence-corrected chi connectivity index (χ2v) is 5.87. The molecule has 0 aliphatic carbocycles. The highest BCUT2D eigenvalue weighted by Gasteiger charge is 2.02. The lowest BCUT2D eigenvalue weighted by Gasteiger charge is -1.97. The van der Waals surface area contributed by atoms with Crippen molar-refractivity contribution in [1.82, 2.24) is 4.98 Å². The van der Waals surface area contributed by atoms with E-state index in [4.69, 9.17) is 0 Å². The predicted octanol–water partition coefficient (Wildman–Crippen LogP) is 5.31. The molecule has 4 heteroatoms. The average Bonchev–Trinajstić information content (AvgIpc) is 3.09. The number of hydrogen-bond acceptors (Lipinski definition) is 4. The summed E-state index contributed by atoms with van der Waals surface area (Å²) in [5.41, 5.74) is 7.14. The van der Waals surface area contributed by atoms with Crippen molar-refractivity contribution in [1.29, 1.82) is 0 Å². The van der Waals surface area contributed by atoms with Gasteiger partial charge in [0.15, 0.2) is 0 Å². The van der Waals surface area contributed by atoms with Gasteiger partial charge in [-0.1, -0.05) is 66.7 Å². The van der Waals surface area contributed by atoms with Crippen LogP contribution in [0.1, 0.15) is 12.5 Å². The molecule has 3 aromatic rings. The third kappa shape index (κ3) is 4.37. The maximum absolute atomic E-state index is 4.55. The number of benzene rings is 2. The van der Waals surface area contributed by atoms with Crippen molar-refractivity contribution < 1.29 is 0 Å². The Morgan fingerprint density at radius 1 is 1.04 bits per heavy atom. The van der Waals surface area contributed by atoms with Gasteiger partial charge in [0.25, 0.3) is 0 Å². The minimum atomic E-state index is 0.788. The number of anilines is 1. The van der Waals surface area contributed by atoms with Crippen molar-refractivity contribution in [3.05, 3.63) is 77.7 Å². The molecule has 0 radical (unpaired) electrons. The highest BCUT2D eigenvalue weighted by atomic mass is 32.1. The predicted molar refractivity (Wildman–Crippen MR) is 99.8 cm³/mol. The van der Waals surface area contributed by atoms with Gasteiger partial charge in [-0.3, -0.25) is 5.43 Å². The molecule has 0 spiro atoms. The van der Waals surface area contributed by atoms with Crippen molar-refractivity contribution in [3.63, 3.8) is 0 Å². The second-order valence-electron chi connectivity index (χ2n) is 5.01. The van der Waals surface area contributed by atoms with Crippen LogP contribution in [0.3, 0.4) is 0 Å². The van der Waals surface area contributed by atoms with Crippen LogP contribution in [0.5, 0.6) is 0 Å². The fraction of sp³-hybridized carbons (Fsp3) is 0.0526. The van der Waals surface area contributed by atoms with Gasteiger partial charge in [0.2, 0.25) is 5.13 Å². The lowest BCUT2D eigenvalue weighted by Crippen LogP contribution is -1.93. The number of allylic oxidation sites excluding steroid dienone is 1. The van der Waals surface area contributed by atoms with Crippen molar-refractivity contribution in [2.75, 3.05) is 5.43 Å². The van der Waals surface area contributed by atoms with Crippen molar-refractivity contribution in [3.8, 4) is 11.3 Å². The first-order chi connectivity index (χ1) is 11.3. The molecule has 3 rings (SSSR count). The molecular formula is C19H17N3S. The quantitative estimate of drug-likeness (QED) is 0.511. The molecule has 0 bridgehead atoms. The summed E-state index contributed by atoms with van der Waals surface area (Å²) in [5.74, 6) is 0. The highest BCUT2D eigenvalue weighted by molar-refractivity contribution is 7.14. The molecule has 1 N–H and O–H groups in total. The highest BCUT2D eigenvalue weighted by Crippen LogP contribution is 2.24. The van der Waals surface area contributed by atoms with E-state index in [2.05, 4.69) is 39.8 Å². The van der Waals surface area contributed by atoms with E-state index in [-0.39, 0.29) is 0 Å². The van der Waals surface area contributed by atoms with E-state index in [1.54, 1.807) is 11.3 Å². The number of rotatable bonds is 5. The van der Waals surface area contributed by atoms with Crippen LogP contribution in [0.15, 0.2) is 77.2 Å². The first kappa shape index (κ1) is 15.2. The molecule has 23 heavy (non-hydrogen) atoms. The molecule has 2 aromatic carbocycles. The summed E-state index contributed by atoms with van der Waals surface area (Å²) in [6.45, 7) is 1.96. The molecule has 0 saturated carbocycles. The van der Waals surface area contributed by atoms with Crippen LogP contribution in [-0.2, 0) is 0 Å². The fourth-order valence-electron chi connectivity index (χ4n) is 2.02. The summed E-state index contributed by atoms with van der Waals surface area (Å²) in [7, 11) is 0. The van der Waals surface area contributed by atoms with Crippen LogP contribution in [0.25, 0.3) is 17.3 Å². The van der Waals surface area contributed by atoms with E-state index in [0.29, 0.717) is 0 Å². The van der Waals surface area contributed by atoms with Crippen molar-refractivity contribution in [2.45, 2.75) is 6.92 Å². The standard InChI is InChI=1S/C19H17N3S/c1-15(12-13-16-8-4-2-5-9-16)21-22-19-20-18(14-23-19)17-10-6-3-7-11-17/h2-14H,1H3,(H,20,22)/b13-12+,21-15+. The number of aromatic nitrogens is 1. The normalized spacial score (nSPS) is 11.8. The van der Waals surface area contributed by atoms with E-state index in [1.807, 2.05) is 60.9 Å². The smallest absolute Gasteiger partial charge is 0.203 e. The van der Waals surface area contributed by atoms with Crippen LogP contribution < -0.4 is 5.43 Å². The van der Waals surface area contributed by atoms with E-state index in [9.17, 15) is 0 Å². The number of hydrogen-bond donors (Lipinski definition) is 1. The number of nitrogens with zero attached hydrogens (tertiary/aromatic N) is 2. The maximum atomic E-state index is 4.55. The SMILES string of the molecule is CC(/C=C/c1ccccc1)=N\Nc1nc(-c2ccccc2)cs1. The molecular weight excluding hydrogens is 302 g/mol. The van der Waals surface area contributed by atoms with Gasteiger partial charge in [0.05, 0.1) is 11.4 Å². The van der Waals surface area contributed by atoms with Crippen LogP contribution >= 0.6 is 11.3 Å². The number of thiazole rings is 1. The molecule has 0 fully saturated rings. The molecule has 0 aliphatic heterocycles. The Labute approximate surface area is 140 Å². The van der Waals surface area contributed by atoms with E-state index < -0.39 is 0 Å². The fourth-order valence-corrected chi connectivity index (χ4v) is 2.68. The summed E-state index contributed by atoms with van der Waals surface area (Å²) >= 11 is 1.55. The maximum Gasteiger partial charge on any atom is 0.203 e. The van der Waals surface area contributed by atoms with Crippen molar-refractivity contribution >= 4 is 28.3 Å². The Balaban J connectivity index is 1.64. The molecule has 3 nitrogen and oxygen atoms in total. The Kier molecular flexibility index (Phi) is 4.96. The minimum Gasteiger partial charge on any atom is -0.252 e. The van der Waals surface area contributed by atoms with Gasteiger partial charge in [-0.15, -0.1) is 11.3 Å². The van der Waals surface area contributed by atoms with Crippen LogP contribution in [0.2, 0.25) is 0 Å². The van der Waals surface area contributed by atoms with Gasteiger partial charge in [-0.05, 0) is 18.6 Å². The van der Waals surface area contributed by atoms with E-state index in [0.717, 1.165) is 27.7 Å². The summed E-state index contributed by atoms with van der Waals surface area (Å²) < 4.78 is 0. The molecule has 1 heterocycles. The summed E-state index contributed by atoms with van der Waals surface area (Å²) in [6.07, 6.45) is 4.02. The first-order valence-corrected chi connectivity index (χ1v) is 8.23. The lowest BCUT2D eigenvalue weighted by molar-refractivity contribution is 1.28. The van der Waals surface area contributed by atoms with Crippen molar-refractivity contribution in [2.24, 2.45) is 5.10 Å². The third-order valence-corrected chi connectivity index (χ3v) is 3.97. The Hall–Kier alpha value is -2.72. The molecule has 0 amide bonds. The van der Waals surface area contributed by atoms with Crippen LogP contribution in [0, 0.1) is 0 Å². The Morgan fingerprint density at radius 2 is 1.74 bits per heavy atom. The first-order valence-electron chi connectivity index (χ1n) is 7.35. The zero-order valence-electron chi connectivity index (χ0n) is 12.8. The molecule has 0 unspecified atom stereocenters. The number of hydrazone groups is 1. The third-order valence-electron chi connectivity index (χ3n) is 3.22. The van der Waals surface area contributed by atoms with E-state index in [1.165, 1.54) is 0 Å². The van der Waals surface area contributed by atoms with Gasteiger partial charge in [-0.2, -0.15) is 5.10 Å². The minimum absolute atomic E-state index is 0.788. The average molecular weight is 319 g/mol. The summed E-state index contributed by atoms with van der Waals surface area (Å²) in [5, 5.41) is 7.16. The van der Waals surface area contributed by atoms with Gasteiger partial charge in [0.1, 0.15) is 0 Å². The van der Waals surface area contributed by atoms with Crippen LogP contribution in [-0.4, -0.2) is 10.7 Å². The molecule has 0 atom stereocenters. The zero-order valence-corrected chi connectivity index (χ0v) is 13.6. The number of nitrogens with one attached hydrogen (secondary N) is 1. The molecule has 1 aromatic heterocycles. The second kappa shape index (κ2) is 7.51. The van der Waals surface area contributed by atoms with Crippen LogP contribution in [0.4, 0.5) is 5.13 Å². The summed E-state index contributed by atoms with van der Waals surface area (Å²) in [4.78, 5) is 4.55.